The van der Waals surface area contributed by atoms with Gasteiger partial charge in [0.25, 0.3) is 11.6 Å². The Bertz CT molecular complexity index is 995. The van der Waals surface area contributed by atoms with Gasteiger partial charge in [-0.2, -0.15) is 4.98 Å². The highest BCUT2D eigenvalue weighted by Gasteiger charge is 2.21. The number of ether oxygens (including phenoxy) is 1. The molecule has 1 aromatic heterocycles. The van der Waals surface area contributed by atoms with Crippen molar-refractivity contribution in [2.45, 2.75) is 25.9 Å². The van der Waals surface area contributed by atoms with Crippen molar-refractivity contribution >= 4 is 11.4 Å². The molecule has 1 atom stereocenters. The van der Waals surface area contributed by atoms with Gasteiger partial charge in [0, 0.05) is 30.3 Å². The van der Waals surface area contributed by atoms with Crippen molar-refractivity contribution < 1.29 is 14.2 Å². The maximum absolute atomic E-state index is 11.5. The largest absolute Gasteiger partial charge is 0.377 e. The van der Waals surface area contributed by atoms with E-state index in [0.717, 1.165) is 30.6 Å². The Morgan fingerprint density at radius 2 is 2.14 bits per heavy atom. The van der Waals surface area contributed by atoms with Crippen molar-refractivity contribution in [3.63, 3.8) is 0 Å². The van der Waals surface area contributed by atoms with Crippen molar-refractivity contribution in [1.29, 1.82) is 0 Å². The Labute approximate surface area is 161 Å². The van der Waals surface area contributed by atoms with Crippen LogP contribution in [0.5, 0.6) is 0 Å². The summed E-state index contributed by atoms with van der Waals surface area (Å²) >= 11 is 0. The number of aryl methyl sites for hydroxylation is 1. The van der Waals surface area contributed by atoms with Crippen LogP contribution in [0.3, 0.4) is 0 Å². The SMILES string of the molecule is Cc1cccc(-c2noc(-c3ccc(NC[C@H]4CCCO4)c([N+](=O)[O-])c3)n2)c1. The molecule has 2 aromatic carbocycles. The zero-order valence-corrected chi connectivity index (χ0v) is 15.4. The molecule has 0 unspecified atom stereocenters. The summed E-state index contributed by atoms with van der Waals surface area (Å²) in [7, 11) is 0. The molecule has 0 saturated carbocycles. The second kappa shape index (κ2) is 7.77. The van der Waals surface area contributed by atoms with Gasteiger partial charge in [-0.05, 0) is 38.0 Å². The molecule has 0 bridgehead atoms. The number of aromatic nitrogens is 2. The lowest BCUT2D eigenvalue weighted by atomic mass is 10.1. The molecule has 1 N–H and O–H groups in total. The van der Waals surface area contributed by atoms with Crippen LogP contribution in [0.25, 0.3) is 22.8 Å². The Morgan fingerprint density at radius 1 is 1.25 bits per heavy atom. The highest BCUT2D eigenvalue weighted by Crippen LogP contribution is 2.31. The maximum Gasteiger partial charge on any atom is 0.293 e. The molecular weight excluding hydrogens is 360 g/mol. The summed E-state index contributed by atoms with van der Waals surface area (Å²) in [6, 6.07) is 12.6. The van der Waals surface area contributed by atoms with Crippen LogP contribution >= 0.6 is 0 Å². The number of anilines is 1. The number of hydrogen-bond donors (Lipinski definition) is 1. The number of nitro benzene ring substituents is 1. The number of nitrogens with one attached hydrogen (secondary N) is 1. The number of nitro groups is 1. The van der Waals surface area contributed by atoms with E-state index < -0.39 is 4.92 Å². The summed E-state index contributed by atoms with van der Waals surface area (Å²) in [5.74, 6) is 0.687. The Balaban J connectivity index is 1.58. The topological polar surface area (TPSA) is 103 Å². The third-order valence-corrected chi connectivity index (χ3v) is 4.69. The van der Waals surface area contributed by atoms with Crippen molar-refractivity contribution in [3.8, 4) is 22.8 Å². The highest BCUT2D eigenvalue weighted by molar-refractivity contribution is 5.70. The quantitative estimate of drug-likeness (QED) is 0.504. The molecule has 0 radical (unpaired) electrons. The zero-order valence-electron chi connectivity index (χ0n) is 15.4. The van der Waals surface area contributed by atoms with Crippen LogP contribution in [0.2, 0.25) is 0 Å². The normalized spacial score (nSPS) is 16.2. The van der Waals surface area contributed by atoms with Gasteiger partial charge >= 0.3 is 0 Å². The van der Waals surface area contributed by atoms with Crippen LogP contribution in [0.1, 0.15) is 18.4 Å². The van der Waals surface area contributed by atoms with Gasteiger partial charge in [0.2, 0.25) is 5.82 Å². The van der Waals surface area contributed by atoms with Gasteiger partial charge in [-0.1, -0.05) is 28.9 Å². The number of benzene rings is 2. The van der Waals surface area contributed by atoms with E-state index in [1.165, 1.54) is 6.07 Å². The highest BCUT2D eigenvalue weighted by atomic mass is 16.6. The first-order valence-corrected chi connectivity index (χ1v) is 9.15. The number of nitrogens with zero attached hydrogens (tertiary/aromatic N) is 3. The van der Waals surface area contributed by atoms with E-state index in [0.29, 0.717) is 23.6 Å². The predicted octanol–water partition coefficient (Wildman–Crippen LogP) is 4.21. The fourth-order valence-corrected chi connectivity index (χ4v) is 3.24. The smallest absolute Gasteiger partial charge is 0.293 e. The minimum Gasteiger partial charge on any atom is -0.377 e. The zero-order chi connectivity index (χ0) is 19.5. The van der Waals surface area contributed by atoms with Gasteiger partial charge < -0.3 is 14.6 Å². The van der Waals surface area contributed by atoms with Crippen LogP contribution in [0.4, 0.5) is 11.4 Å². The van der Waals surface area contributed by atoms with E-state index in [2.05, 4.69) is 15.5 Å². The molecule has 144 valence electrons. The van der Waals surface area contributed by atoms with E-state index >= 15 is 0 Å². The molecule has 0 amide bonds. The molecule has 3 aromatic rings. The average Bonchev–Trinajstić information content (AvgIpc) is 3.38. The lowest BCUT2D eigenvalue weighted by Crippen LogP contribution is -2.18. The minimum atomic E-state index is -0.417. The second-order valence-corrected chi connectivity index (χ2v) is 6.80. The van der Waals surface area contributed by atoms with Gasteiger partial charge in [0.1, 0.15) is 5.69 Å². The Kier molecular flexibility index (Phi) is 5.03. The van der Waals surface area contributed by atoms with Crippen LogP contribution in [0.15, 0.2) is 47.0 Å². The molecule has 1 fully saturated rings. The summed E-state index contributed by atoms with van der Waals surface area (Å²) in [5.41, 5.74) is 2.83. The molecular formula is C20H20N4O4. The molecule has 2 heterocycles. The molecule has 28 heavy (non-hydrogen) atoms. The molecule has 4 rings (SSSR count). The number of rotatable bonds is 6. The van der Waals surface area contributed by atoms with Gasteiger partial charge in [-0.3, -0.25) is 10.1 Å². The van der Waals surface area contributed by atoms with Crippen LogP contribution in [-0.2, 0) is 4.74 Å². The van der Waals surface area contributed by atoms with Gasteiger partial charge in [0.15, 0.2) is 0 Å². The van der Waals surface area contributed by atoms with Gasteiger partial charge in [0.05, 0.1) is 11.0 Å². The minimum absolute atomic E-state index is 0.0363. The fourth-order valence-electron chi connectivity index (χ4n) is 3.24. The standard InChI is InChI=1S/C20H20N4O4/c1-13-4-2-5-14(10-13)19-22-20(28-23-19)15-7-8-17(18(11-15)24(25)26)21-12-16-6-3-9-27-16/h2,4-5,7-8,10-11,16,21H,3,6,9,12H2,1H3/t16-/m1/s1. The van der Waals surface area contributed by atoms with Crippen molar-refractivity contribution in [1.82, 2.24) is 10.1 Å². The van der Waals surface area contributed by atoms with E-state index in [-0.39, 0.29) is 17.7 Å². The summed E-state index contributed by atoms with van der Waals surface area (Å²) in [4.78, 5) is 15.5. The summed E-state index contributed by atoms with van der Waals surface area (Å²) in [5, 5.41) is 18.7. The van der Waals surface area contributed by atoms with Crippen LogP contribution < -0.4 is 5.32 Å². The predicted molar refractivity (Wildman–Crippen MR) is 104 cm³/mol. The third-order valence-electron chi connectivity index (χ3n) is 4.69. The van der Waals surface area contributed by atoms with Gasteiger partial charge in [-0.15, -0.1) is 0 Å². The molecule has 0 spiro atoms. The first-order valence-electron chi connectivity index (χ1n) is 9.15. The summed E-state index contributed by atoms with van der Waals surface area (Å²) < 4.78 is 10.9. The maximum atomic E-state index is 11.5. The molecule has 8 heteroatoms. The number of hydrogen-bond acceptors (Lipinski definition) is 7. The fraction of sp³-hybridized carbons (Fsp3) is 0.300. The lowest BCUT2D eigenvalue weighted by molar-refractivity contribution is -0.383. The van der Waals surface area contributed by atoms with E-state index in [1.54, 1.807) is 12.1 Å². The van der Waals surface area contributed by atoms with E-state index in [4.69, 9.17) is 9.26 Å². The van der Waals surface area contributed by atoms with Crippen LogP contribution in [-0.4, -0.2) is 34.3 Å². The van der Waals surface area contributed by atoms with E-state index in [9.17, 15) is 10.1 Å². The first-order chi connectivity index (χ1) is 13.6. The molecule has 1 aliphatic rings. The van der Waals surface area contributed by atoms with Crippen molar-refractivity contribution in [2.75, 3.05) is 18.5 Å². The molecule has 1 saturated heterocycles. The Hall–Kier alpha value is -3.26. The molecule has 8 nitrogen and oxygen atoms in total. The van der Waals surface area contributed by atoms with E-state index in [1.807, 2.05) is 31.2 Å². The summed E-state index contributed by atoms with van der Waals surface area (Å²) in [6.07, 6.45) is 2.07. The monoisotopic (exact) mass is 380 g/mol. The average molecular weight is 380 g/mol. The summed E-state index contributed by atoms with van der Waals surface area (Å²) in [6.45, 7) is 3.27. The van der Waals surface area contributed by atoms with Crippen molar-refractivity contribution in [2.24, 2.45) is 0 Å². The molecule has 1 aliphatic heterocycles. The van der Waals surface area contributed by atoms with Crippen molar-refractivity contribution in [3.05, 3.63) is 58.1 Å². The Morgan fingerprint density at radius 3 is 2.89 bits per heavy atom. The lowest BCUT2D eigenvalue weighted by Gasteiger charge is -2.12. The first kappa shape index (κ1) is 18.1. The van der Waals surface area contributed by atoms with Crippen LogP contribution in [0, 0.1) is 17.0 Å². The molecule has 0 aliphatic carbocycles. The second-order valence-electron chi connectivity index (χ2n) is 6.80. The van der Waals surface area contributed by atoms with Gasteiger partial charge in [-0.25, -0.2) is 0 Å². The third kappa shape index (κ3) is 3.86.